The molecule has 0 spiro atoms. The summed E-state index contributed by atoms with van der Waals surface area (Å²) in [6, 6.07) is 4.97. The summed E-state index contributed by atoms with van der Waals surface area (Å²) < 4.78 is 5.74. The van der Waals surface area contributed by atoms with Crippen LogP contribution in [0, 0.1) is 0 Å². The summed E-state index contributed by atoms with van der Waals surface area (Å²) >= 11 is 0. The summed E-state index contributed by atoms with van der Waals surface area (Å²) in [5, 5.41) is 19.5. The largest absolute Gasteiger partial charge is 0.508 e. The molecule has 0 saturated heterocycles. The van der Waals surface area contributed by atoms with Gasteiger partial charge in [-0.2, -0.15) is 0 Å². The highest BCUT2D eigenvalue weighted by molar-refractivity contribution is 5.72. The Morgan fingerprint density at radius 2 is 1.50 bits per heavy atom. The Bertz CT molecular complexity index is 574. The highest BCUT2D eigenvalue weighted by Crippen LogP contribution is 2.34. The van der Waals surface area contributed by atoms with Gasteiger partial charge in [0.25, 0.3) is 0 Å². The first-order valence-electron chi connectivity index (χ1n) is 11.0. The maximum atomic E-state index is 11.6. The van der Waals surface area contributed by atoms with Crippen LogP contribution >= 0.6 is 0 Å². The first-order valence-corrected chi connectivity index (χ1v) is 11.0. The smallest absolute Gasteiger partial charge is 0.344 e. The number of rotatable bonds is 14. The molecule has 0 amide bonds. The minimum Gasteiger partial charge on any atom is -0.508 e. The van der Waals surface area contributed by atoms with Crippen LogP contribution in [0.4, 0.5) is 0 Å². The molecule has 2 N–H and O–H groups in total. The van der Waals surface area contributed by atoms with Crippen LogP contribution in [0.5, 0.6) is 11.5 Å². The SMILES string of the molecule is CCCCCCCCCCCCC(Oc1ccc(O)c(C(C)(C)C)c1)C(=O)O. The first kappa shape index (κ1) is 24.3. The second-order valence-electron chi connectivity index (χ2n) is 8.84. The fourth-order valence-electron chi connectivity index (χ4n) is 3.40. The zero-order valence-corrected chi connectivity index (χ0v) is 18.3. The van der Waals surface area contributed by atoms with Crippen LogP contribution in [0.1, 0.15) is 104 Å². The van der Waals surface area contributed by atoms with Crippen LogP contribution < -0.4 is 4.74 Å². The van der Waals surface area contributed by atoms with Crippen molar-refractivity contribution in [2.75, 3.05) is 0 Å². The van der Waals surface area contributed by atoms with E-state index in [0.29, 0.717) is 12.2 Å². The standard InChI is InChI=1S/C24H40O4/c1-5-6-7-8-9-10-11-12-13-14-15-22(23(26)27)28-19-16-17-21(25)20(18-19)24(2,3)4/h16-18,22,25H,5-15H2,1-4H3,(H,26,27). The van der Waals surface area contributed by atoms with Crippen LogP contribution in [-0.4, -0.2) is 22.3 Å². The predicted molar refractivity (Wildman–Crippen MR) is 115 cm³/mol. The number of hydrogen-bond acceptors (Lipinski definition) is 3. The molecule has 0 aliphatic carbocycles. The lowest BCUT2D eigenvalue weighted by Crippen LogP contribution is -2.27. The molecule has 160 valence electrons. The van der Waals surface area contributed by atoms with E-state index >= 15 is 0 Å². The summed E-state index contributed by atoms with van der Waals surface area (Å²) in [7, 11) is 0. The van der Waals surface area contributed by atoms with Gasteiger partial charge in [-0.05, 0) is 36.5 Å². The number of unbranched alkanes of at least 4 members (excludes halogenated alkanes) is 9. The molecular formula is C24H40O4. The molecule has 1 rings (SSSR count). The van der Waals surface area contributed by atoms with Gasteiger partial charge in [0.15, 0.2) is 6.10 Å². The van der Waals surface area contributed by atoms with Crippen LogP contribution in [-0.2, 0) is 10.2 Å². The van der Waals surface area contributed by atoms with E-state index in [1.807, 2.05) is 20.8 Å². The molecule has 4 heteroatoms. The zero-order valence-electron chi connectivity index (χ0n) is 18.3. The molecule has 1 aromatic rings. The number of aromatic hydroxyl groups is 1. The molecule has 0 aliphatic rings. The molecule has 0 heterocycles. The van der Waals surface area contributed by atoms with Crippen molar-refractivity contribution in [2.24, 2.45) is 0 Å². The summed E-state index contributed by atoms with van der Waals surface area (Å²) in [5.41, 5.74) is 0.520. The van der Waals surface area contributed by atoms with Crippen molar-refractivity contribution in [2.45, 2.75) is 110 Å². The van der Waals surface area contributed by atoms with Gasteiger partial charge in [0.05, 0.1) is 0 Å². The molecular weight excluding hydrogens is 352 g/mol. The highest BCUT2D eigenvalue weighted by atomic mass is 16.5. The maximum absolute atomic E-state index is 11.6. The summed E-state index contributed by atoms with van der Waals surface area (Å²) in [5.74, 6) is -0.218. The van der Waals surface area contributed by atoms with Gasteiger partial charge in [-0.15, -0.1) is 0 Å². The second kappa shape index (κ2) is 12.7. The highest BCUT2D eigenvalue weighted by Gasteiger charge is 2.22. The van der Waals surface area contributed by atoms with Crippen molar-refractivity contribution >= 4 is 5.97 Å². The summed E-state index contributed by atoms with van der Waals surface area (Å²) in [4.78, 5) is 11.6. The van der Waals surface area contributed by atoms with Crippen molar-refractivity contribution in [1.29, 1.82) is 0 Å². The van der Waals surface area contributed by atoms with E-state index in [4.69, 9.17) is 4.74 Å². The number of phenolic OH excluding ortho intramolecular Hbond substituents is 1. The van der Waals surface area contributed by atoms with Crippen LogP contribution in [0.15, 0.2) is 18.2 Å². The van der Waals surface area contributed by atoms with Gasteiger partial charge in [-0.1, -0.05) is 85.5 Å². The van der Waals surface area contributed by atoms with Crippen molar-refractivity contribution < 1.29 is 19.7 Å². The third-order valence-corrected chi connectivity index (χ3v) is 5.15. The molecule has 0 bridgehead atoms. The van der Waals surface area contributed by atoms with E-state index in [0.717, 1.165) is 24.8 Å². The van der Waals surface area contributed by atoms with Gasteiger partial charge < -0.3 is 14.9 Å². The minimum atomic E-state index is -0.929. The fourth-order valence-corrected chi connectivity index (χ4v) is 3.40. The fraction of sp³-hybridized carbons (Fsp3) is 0.708. The number of carbonyl (C=O) groups is 1. The minimum absolute atomic E-state index is 0.210. The van der Waals surface area contributed by atoms with Crippen molar-refractivity contribution in [1.82, 2.24) is 0 Å². The van der Waals surface area contributed by atoms with Crippen LogP contribution in [0.25, 0.3) is 0 Å². The molecule has 0 fully saturated rings. The van der Waals surface area contributed by atoms with Gasteiger partial charge in [0.2, 0.25) is 0 Å². The molecule has 28 heavy (non-hydrogen) atoms. The normalized spacial score (nSPS) is 12.7. The Balaban J connectivity index is 2.37. The van der Waals surface area contributed by atoms with Gasteiger partial charge in [-0.25, -0.2) is 4.79 Å². The zero-order chi connectivity index (χ0) is 21.0. The van der Waals surface area contributed by atoms with Crippen molar-refractivity contribution in [3.63, 3.8) is 0 Å². The lowest BCUT2D eigenvalue weighted by molar-refractivity contribution is -0.145. The lowest BCUT2D eigenvalue weighted by atomic mass is 9.86. The van der Waals surface area contributed by atoms with E-state index in [9.17, 15) is 15.0 Å². The van der Waals surface area contributed by atoms with Crippen LogP contribution in [0.3, 0.4) is 0 Å². The Kier molecular flexibility index (Phi) is 11.0. The number of carboxylic acid groups (broad SMARTS) is 1. The first-order chi connectivity index (χ1) is 13.3. The predicted octanol–water partition coefficient (Wildman–Crippen LogP) is 6.83. The molecule has 0 radical (unpaired) electrons. The molecule has 4 nitrogen and oxygen atoms in total. The molecule has 1 aromatic carbocycles. The van der Waals surface area contributed by atoms with Gasteiger partial charge >= 0.3 is 5.97 Å². The molecule has 1 unspecified atom stereocenters. The van der Waals surface area contributed by atoms with Crippen molar-refractivity contribution in [3.8, 4) is 11.5 Å². The topological polar surface area (TPSA) is 66.8 Å². The quantitative estimate of drug-likeness (QED) is 0.340. The van der Waals surface area contributed by atoms with Gasteiger partial charge in [-0.3, -0.25) is 0 Å². The Hall–Kier alpha value is -1.71. The Morgan fingerprint density at radius 3 is 2.00 bits per heavy atom. The van der Waals surface area contributed by atoms with E-state index in [1.165, 1.54) is 44.9 Å². The maximum Gasteiger partial charge on any atom is 0.344 e. The monoisotopic (exact) mass is 392 g/mol. The van der Waals surface area contributed by atoms with E-state index in [-0.39, 0.29) is 11.2 Å². The van der Waals surface area contributed by atoms with Gasteiger partial charge in [0, 0.05) is 5.56 Å². The van der Waals surface area contributed by atoms with E-state index < -0.39 is 12.1 Å². The third kappa shape index (κ3) is 9.48. The van der Waals surface area contributed by atoms with Gasteiger partial charge in [0.1, 0.15) is 11.5 Å². The molecule has 0 aliphatic heterocycles. The number of phenols is 1. The average molecular weight is 393 g/mol. The second-order valence-corrected chi connectivity index (χ2v) is 8.84. The number of carboxylic acids is 1. The average Bonchev–Trinajstić information content (AvgIpc) is 2.62. The molecule has 1 atom stereocenters. The summed E-state index contributed by atoms with van der Waals surface area (Å²) in [6.45, 7) is 8.25. The van der Waals surface area contributed by atoms with Crippen LogP contribution in [0.2, 0.25) is 0 Å². The van der Waals surface area contributed by atoms with Crippen molar-refractivity contribution in [3.05, 3.63) is 23.8 Å². The number of aliphatic carboxylic acids is 1. The Morgan fingerprint density at radius 1 is 0.964 bits per heavy atom. The molecule has 0 aromatic heterocycles. The lowest BCUT2D eigenvalue weighted by Gasteiger charge is -2.22. The number of benzene rings is 1. The Labute approximate surface area is 171 Å². The summed E-state index contributed by atoms with van der Waals surface area (Å²) in [6.07, 6.45) is 11.9. The van der Waals surface area contributed by atoms with E-state index in [1.54, 1.807) is 18.2 Å². The van der Waals surface area contributed by atoms with E-state index in [2.05, 4.69) is 6.92 Å². The molecule has 0 saturated carbocycles. The number of hydrogen-bond donors (Lipinski definition) is 2. The third-order valence-electron chi connectivity index (χ3n) is 5.15. The number of ether oxygens (including phenoxy) is 1.